The maximum Gasteiger partial charge on any atom is 0.337 e. The molecule has 0 aromatic heterocycles. The fraction of sp³-hybridized carbons (Fsp3) is 0.250. The Morgan fingerprint density at radius 2 is 1.96 bits per heavy atom. The summed E-state index contributed by atoms with van der Waals surface area (Å²) in [5, 5.41) is 4.93. The first-order valence-electron chi connectivity index (χ1n) is 8.19. The lowest BCUT2D eigenvalue weighted by atomic mass is 9.76. The third-order valence-corrected chi connectivity index (χ3v) is 5.75. The molecule has 0 saturated carbocycles. The molecule has 2 aromatic carbocycles. The van der Waals surface area contributed by atoms with E-state index in [1.807, 2.05) is 30.3 Å². The van der Waals surface area contributed by atoms with Gasteiger partial charge >= 0.3 is 5.97 Å². The second-order valence-electron chi connectivity index (χ2n) is 6.40. The van der Waals surface area contributed by atoms with Gasteiger partial charge in [-0.15, -0.1) is 0 Å². The number of anilines is 1. The van der Waals surface area contributed by atoms with Crippen molar-refractivity contribution in [1.82, 2.24) is 0 Å². The molecule has 5 heteroatoms. The van der Waals surface area contributed by atoms with Gasteiger partial charge in [-0.25, -0.2) is 4.79 Å². The third-order valence-electron chi connectivity index (χ3n) is 5.09. The second-order valence-corrected chi connectivity index (χ2v) is 7.22. The van der Waals surface area contributed by atoms with E-state index in [9.17, 15) is 4.79 Å². The number of carbonyl (C=O) groups is 1. The molecule has 1 aliphatic carbocycles. The molecule has 2 aromatic rings. The maximum atomic E-state index is 11.9. The Bertz CT molecular complexity index is 858. The monoisotopic (exact) mass is 373 g/mol. The highest BCUT2D eigenvalue weighted by atomic mass is 35.5. The van der Waals surface area contributed by atoms with E-state index in [4.69, 9.17) is 27.9 Å². The Morgan fingerprint density at radius 3 is 2.68 bits per heavy atom. The topological polar surface area (TPSA) is 38.3 Å². The molecule has 0 spiro atoms. The van der Waals surface area contributed by atoms with Crippen LogP contribution in [0.3, 0.4) is 0 Å². The van der Waals surface area contributed by atoms with Crippen molar-refractivity contribution in [3.05, 3.63) is 75.3 Å². The van der Waals surface area contributed by atoms with Crippen molar-refractivity contribution in [2.75, 3.05) is 12.4 Å². The van der Waals surface area contributed by atoms with Gasteiger partial charge in [0.2, 0.25) is 0 Å². The number of fused-ring (bicyclic) bond motifs is 3. The molecule has 0 radical (unpaired) electrons. The standard InChI is InChI=1S/C20H17Cl2NO2/c1-25-20(24)11-8-9-17-14(10-11)12-4-2-5-13(12)19(23-17)18-15(21)6-3-7-16(18)22/h2-4,6-10,12-13,19,23H,5H2,1H3. The van der Waals surface area contributed by atoms with Crippen molar-refractivity contribution >= 4 is 34.9 Å². The number of halogens is 2. The Hall–Kier alpha value is -1.97. The summed E-state index contributed by atoms with van der Waals surface area (Å²) < 4.78 is 4.85. The molecule has 3 nitrogen and oxygen atoms in total. The van der Waals surface area contributed by atoms with Crippen LogP contribution >= 0.6 is 23.2 Å². The van der Waals surface area contributed by atoms with Gasteiger partial charge in [0, 0.05) is 27.2 Å². The van der Waals surface area contributed by atoms with Gasteiger partial charge in [-0.2, -0.15) is 0 Å². The molecule has 2 aliphatic rings. The van der Waals surface area contributed by atoms with Gasteiger partial charge in [0.25, 0.3) is 0 Å². The molecular formula is C20H17Cl2NO2. The van der Waals surface area contributed by atoms with Gasteiger partial charge in [0.15, 0.2) is 0 Å². The number of ether oxygens (including phenoxy) is 1. The smallest absolute Gasteiger partial charge is 0.337 e. The average molecular weight is 374 g/mol. The highest BCUT2D eigenvalue weighted by molar-refractivity contribution is 6.36. The van der Waals surface area contributed by atoms with Crippen LogP contribution in [0, 0.1) is 5.92 Å². The van der Waals surface area contributed by atoms with E-state index >= 15 is 0 Å². The van der Waals surface area contributed by atoms with Crippen molar-refractivity contribution in [2.24, 2.45) is 5.92 Å². The molecule has 25 heavy (non-hydrogen) atoms. The zero-order valence-corrected chi connectivity index (χ0v) is 15.1. The minimum atomic E-state index is -0.322. The first kappa shape index (κ1) is 16.5. The summed E-state index contributed by atoms with van der Waals surface area (Å²) in [6.07, 6.45) is 5.34. The zero-order valence-electron chi connectivity index (χ0n) is 13.6. The summed E-state index contributed by atoms with van der Waals surface area (Å²) in [6, 6.07) is 11.3. The van der Waals surface area contributed by atoms with Crippen LogP contribution in [0.5, 0.6) is 0 Å². The Labute approximate surface area is 156 Å². The van der Waals surface area contributed by atoms with Crippen LogP contribution in [0.2, 0.25) is 10.0 Å². The van der Waals surface area contributed by atoms with Crippen LogP contribution in [-0.2, 0) is 4.74 Å². The number of esters is 1. The molecule has 0 amide bonds. The number of methoxy groups -OCH3 is 1. The molecule has 0 saturated heterocycles. The van der Waals surface area contributed by atoms with E-state index in [1.54, 1.807) is 6.07 Å². The van der Waals surface area contributed by atoms with E-state index in [-0.39, 0.29) is 17.9 Å². The van der Waals surface area contributed by atoms with Crippen molar-refractivity contribution in [1.29, 1.82) is 0 Å². The van der Waals surface area contributed by atoms with Crippen LogP contribution in [0.4, 0.5) is 5.69 Å². The van der Waals surface area contributed by atoms with Gasteiger partial charge < -0.3 is 10.1 Å². The summed E-state index contributed by atoms with van der Waals surface area (Å²) in [4.78, 5) is 11.9. The van der Waals surface area contributed by atoms with E-state index < -0.39 is 0 Å². The van der Waals surface area contributed by atoms with Crippen LogP contribution in [0.25, 0.3) is 0 Å². The number of allylic oxidation sites excluding steroid dienone is 2. The molecule has 3 unspecified atom stereocenters. The zero-order chi connectivity index (χ0) is 17.6. The Kier molecular flexibility index (Phi) is 4.22. The van der Waals surface area contributed by atoms with Crippen LogP contribution in [0.1, 0.15) is 39.9 Å². The second kappa shape index (κ2) is 6.40. The molecule has 0 fully saturated rings. The lowest BCUT2D eigenvalue weighted by molar-refractivity contribution is 0.0600. The molecule has 128 valence electrons. The first-order valence-corrected chi connectivity index (χ1v) is 8.95. The molecule has 0 bridgehead atoms. The van der Waals surface area contributed by atoms with Crippen molar-refractivity contribution in [3.8, 4) is 0 Å². The van der Waals surface area contributed by atoms with Crippen LogP contribution < -0.4 is 5.32 Å². The van der Waals surface area contributed by atoms with Crippen LogP contribution in [0.15, 0.2) is 48.6 Å². The Balaban J connectivity index is 1.80. The number of benzene rings is 2. The summed E-state index contributed by atoms with van der Waals surface area (Å²) in [7, 11) is 1.40. The van der Waals surface area contributed by atoms with Crippen molar-refractivity contribution in [3.63, 3.8) is 0 Å². The fourth-order valence-corrected chi connectivity index (χ4v) is 4.57. The number of hydrogen-bond donors (Lipinski definition) is 1. The lowest BCUT2D eigenvalue weighted by Gasteiger charge is -2.38. The summed E-state index contributed by atoms with van der Waals surface area (Å²) in [5.41, 5.74) is 3.62. The molecular weight excluding hydrogens is 357 g/mol. The minimum absolute atomic E-state index is 0.0256. The largest absolute Gasteiger partial charge is 0.465 e. The van der Waals surface area contributed by atoms with Gasteiger partial charge in [-0.3, -0.25) is 0 Å². The molecule has 1 N–H and O–H groups in total. The quantitative estimate of drug-likeness (QED) is 0.549. The maximum absolute atomic E-state index is 11.9. The van der Waals surface area contributed by atoms with E-state index in [0.29, 0.717) is 21.5 Å². The number of carbonyl (C=O) groups excluding carboxylic acids is 1. The predicted octanol–water partition coefficient (Wildman–Crippen LogP) is 5.61. The number of rotatable bonds is 2. The number of hydrogen-bond acceptors (Lipinski definition) is 3. The van der Waals surface area contributed by atoms with Crippen molar-refractivity contribution < 1.29 is 9.53 Å². The van der Waals surface area contributed by atoms with Crippen molar-refractivity contribution in [2.45, 2.75) is 18.4 Å². The van der Waals surface area contributed by atoms with E-state index in [2.05, 4.69) is 17.5 Å². The normalized spacial score (nSPS) is 23.6. The number of nitrogens with one attached hydrogen (secondary N) is 1. The molecule has 1 heterocycles. The SMILES string of the molecule is COC(=O)c1ccc2c(c1)C1C=CCC1C(c1c(Cl)cccc1Cl)N2. The average Bonchev–Trinajstić information content (AvgIpc) is 3.10. The lowest BCUT2D eigenvalue weighted by Crippen LogP contribution is -2.29. The summed E-state index contributed by atoms with van der Waals surface area (Å²) in [5.74, 6) is 0.202. The molecule has 3 atom stereocenters. The first-order chi connectivity index (χ1) is 12.1. The fourth-order valence-electron chi connectivity index (χ4n) is 3.93. The Morgan fingerprint density at radius 1 is 1.20 bits per heavy atom. The minimum Gasteiger partial charge on any atom is -0.465 e. The van der Waals surface area contributed by atoms with Crippen LogP contribution in [-0.4, -0.2) is 13.1 Å². The third kappa shape index (κ3) is 2.72. The molecule has 4 rings (SSSR count). The predicted molar refractivity (Wildman–Crippen MR) is 101 cm³/mol. The summed E-state index contributed by atoms with van der Waals surface area (Å²) >= 11 is 12.9. The summed E-state index contributed by atoms with van der Waals surface area (Å²) in [6.45, 7) is 0. The van der Waals surface area contributed by atoms with Gasteiger partial charge in [0.05, 0.1) is 18.7 Å². The highest BCUT2D eigenvalue weighted by Gasteiger charge is 2.39. The van der Waals surface area contributed by atoms with Gasteiger partial charge in [-0.1, -0.05) is 41.4 Å². The highest BCUT2D eigenvalue weighted by Crippen LogP contribution is 2.52. The van der Waals surface area contributed by atoms with Gasteiger partial charge in [-0.05, 0) is 48.2 Å². The molecule has 1 aliphatic heterocycles. The van der Waals surface area contributed by atoms with Gasteiger partial charge in [0.1, 0.15) is 0 Å². The van der Waals surface area contributed by atoms with E-state index in [1.165, 1.54) is 7.11 Å². The van der Waals surface area contributed by atoms with E-state index in [0.717, 1.165) is 23.2 Å².